The molecule has 1 saturated heterocycles. The van der Waals surface area contributed by atoms with Crippen LogP contribution in [0, 0.1) is 11.8 Å². The maximum atomic E-state index is 13.0. The van der Waals surface area contributed by atoms with Crippen LogP contribution >= 0.6 is 0 Å². The van der Waals surface area contributed by atoms with Crippen LogP contribution in [-0.4, -0.2) is 44.9 Å². The molecule has 0 radical (unpaired) electrons. The van der Waals surface area contributed by atoms with Gasteiger partial charge in [0.15, 0.2) is 0 Å². The molecular formula is C22H32N2O4S. The zero-order chi connectivity index (χ0) is 20.4. The van der Waals surface area contributed by atoms with Crippen LogP contribution in [0.1, 0.15) is 56.9 Å². The van der Waals surface area contributed by atoms with Gasteiger partial charge in [0.1, 0.15) is 5.75 Å². The van der Waals surface area contributed by atoms with Crippen LogP contribution < -0.4 is 10.1 Å². The van der Waals surface area contributed by atoms with Crippen LogP contribution in [0.5, 0.6) is 5.75 Å². The van der Waals surface area contributed by atoms with Crippen molar-refractivity contribution in [3.63, 3.8) is 0 Å². The molecule has 6 nitrogen and oxygen atoms in total. The van der Waals surface area contributed by atoms with Crippen molar-refractivity contribution in [2.45, 2.75) is 68.7 Å². The molecule has 1 aromatic carbocycles. The largest absolute Gasteiger partial charge is 0.496 e. The molecule has 1 aliphatic heterocycles. The van der Waals surface area contributed by atoms with Crippen LogP contribution in [0.3, 0.4) is 0 Å². The van der Waals surface area contributed by atoms with Crippen molar-refractivity contribution in [1.82, 2.24) is 9.62 Å². The highest BCUT2D eigenvalue weighted by molar-refractivity contribution is 7.89. The van der Waals surface area contributed by atoms with E-state index in [-0.39, 0.29) is 5.91 Å². The standard InChI is InChI=1S/C22H32N2O4S/c1-28-21-9-8-19(29(26,27)24-11-3-2-4-12-24)15-18(21)7-10-22(25)23-20-14-16-5-6-17(20)13-16/h8-9,15-17,20H,2-7,10-14H2,1H3,(H,23,25)/t16-,17-,20+/m1/s1. The molecule has 29 heavy (non-hydrogen) atoms. The monoisotopic (exact) mass is 420 g/mol. The average molecular weight is 421 g/mol. The lowest BCUT2D eigenvalue weighted by Gasteiger charge is -2.26. The fourth-order valence-corrected chi connectivity index (χ4v) is 6.88. The summed E-state index contributed by atoms with van der Waals surface area (Å²) in [5.74, 6) is 2.13. The minimum Gasteiger partial charge on any atom is -0.496 e. The van der Waals surface area contributed by atoms with Crippen molar-refractivity contribution in [2.75, 3.05) is 20.2 Å². The molecule has 1 heterocycles. The van der Waals surface area contributed by atoms with E-state index < -0.39 is 10.0 Å². The lowest BCUT2D eigenvalue weighted by atomic mass is 9.95. The van der Waals surface area contributed by atoms with E-state index in [9.17, 15) is 13.2 Å². The number of benzene rings is 1. The molecule has 0 aromatic heterocycles. The molecule has 3 atom stereocenters. The molecule has 1 amide bonds. The second kappa shape index (κ2) is 8.64. The number of ether oxygens (including phenoxy) is 1. The van der Waals surface area contributed by atoms with Gasteiger partial charge in [-0.3, -0.25) is 4.79 Å². The summed E-state index contributed by atoms with van der Waals surface area (Å²) in [5, 5.41) is 3.21. The van der Waals surface area contributed by atoms with E-state index in [0.29, 0.717) is 48.5 Å². The van der Waals surface area contributed by atoms with Crippen molar-refractivity contribution < 1.29 is 17.9 Å². The molecular weight excluding hydrogens is 388 g/mol. The number of carbonyl (C=O) groups excluding carboxylic acids is 1. The summed E-state index contributed by atoms with van der Waals surface area (Å²) in [7, 11) is -1.92. The van der Waals surface area contributed by atoms with Crippen molar-refractivity contribution in [3.8, 4) is 5.75 Å². The Bertz CT molecular complexity index is 848. The van der Waals surface area contributed by atoms with Crippen molar-refractivity contribution in [1.29, 1.82) is 0 Å². The van der Waals surface area contributed by atoms with Crippen molar-refractivity contribution in [2.24, 2.45) is 11.8 Å². The maximum Gasteiger partial charge on any atom is 0.243 e. The third-order valence-electron chi connectivity index (χ3n) is 6.91. The molecule has 3 aliphatic rings. The first kappa shape index (κ1) is 20.7. The number of carbonyl (C=O) groups is 1. The van der Waals surface area contributed by atoms with Gasteiger partial charge in [0.05, 0.1) is 12.0 Å². The molecule has 1 aromatic rings. The zero-order valence-electron chi connectivity index (χ0n) is 17.2. The van der Waals surface area contributed by atoms with E-state index in [4.69, 9.17) is 4.74 Å². The Balaban J connectivity index is 1.42. The average Bonchev–Trinajstić information content (AvgIpc) is 3.36. The third kappa shape index (κ3) is 4.45. The lowest BCUT2D eigenvalue weighted by Crippen LogP contribution is -2.38. The van der Waals surface area contributed by atoms with E-state index in [1.165, 1.54) is 19.3 Å². The maximum absolute atomic E-state index is 13.0. The second-order valence-corrected chi connectivity index (χ2v) is 10.7. The highest BCUT2D eigenvalue weighted by Crippen LogP contribution is 2.44. The first-order valence-corrected chi connectivity index (χ1v) is 12.4. The molecule has 0 spiro atoms. The fraction of sp³-hybridized carbons (Fsp3) is 0.682. The van der Waals surface area contributed by atoms with Crippen molar-refractivity contribution >= 4 is 15.9 Å². The summed E-state index contributed by atoms with van der Waals surface area (Å²) in [6.45, 7) is 1.16. The number of sulfonamides is 1. The minimum absolute atomic E-state index is 0.0499. The van der Waals surface area contributed by atoms with Crippen LogP contribution in [0.25, 0.3) is 0 Å². The summed E-state index contributed by atoms with van der Waals surface area (Å²) in [6.07, 6.45) is 8.63. The van der Waals surface area contributed by atoms with Gasteiger partial charge in [-0.15, -0.1) is 0 Å². The number of fused-ring (bicyclic) bond motifs is 2. The topological polar surface area (TPSA) is 75.7 Å². The quantitative estimate of drug-likeness (QED) is 0.735. The van der Waals surface area contributed by atoms with Crippen molar-refractivity contribution in [3.05, 3.63) is 23.8 Å². The van der Waals surface area contributed by atoms with E-state index in [1.807, 2.05) is 0 Å². The number of aryl methyl sites for hydroxylation is 1. The molecule has 1 N–H and O–H groups in total. The predicted octanol–water partition coefficient (Wildman–Crippen LogP) is 3.11. The molecule has 2 aliphatic carbocycles. The molecule has 7 heteroatoms. The van der Waals surface area contributed by atoms with E-state index >= 15 is 0 Å². The van der Waals surface area contributed by atoms with Crippen LogP contribution in [-0.2, 0) is 21.2 Å². The summed E-state index contributed by atoms with van der Waals surface area (Å²) in [4.78, 5) is 12.8. The summed E-state index contributed by atoms with van der Waals surface area (Å²) >= 11 is 0. The van der Waals surface area contributed by atoms with Crippen LogP contribution in [0.2, 0.25) is 0 Å². The van der Waals surface area contributed by atoms with Crippen LogP contribution in [0.15, 0.2) is 23.1 Å². The first-order valence-electron chi connectivity index (χ1n) is 10.9. The van der Waals surface area contributed by atoms with Gasteiger partial charge in [-0.1, -0.05) is 12.8 Å². The molecule has 160 valence electrons. The smallest absolute Gasteiger partial charge is 0.243 e. The predicted molar refractivity (Wildman–Crippen MR) is 111 cm³/mol. The van der Waals surface area contributed by atoms with Gasteiger partial charge < -0.3 is 10.1 Å². The number of nitrogens with one attached hydrogen (secondary N) is 1. The van der Waals surface area contributed by atoms with Gasteiger partial charge in [0.25, 0.3) is 0 Å². The number of amides is 1. The first-order chi connectivity index (χ1) is 14.0. The molecule has 0 unspecified atom stereocenters. The number of nitrogens with zero attached hydrogens (tertiary/aromatic N) is 1. The molecule has 2 bridgehead atoms. The Kier molecular flexibility index (Phi) is 6.16. The summed E-state index contributed by atoms with van der Waals surface area (Å²) < 4.78 is 33.0. The minimum atomic E-state index is -3.50. The van der Waals surface area contributed by atoms with E-state index in [0.717, 1.165) is 37.2 Å². The van der Waals surface area contributed by atoms with Crippen LogP contribution in [0.4, 0.5) is 0 Å². The van der Waals surface area contributed by atoms with E-state index in [2.05, 4.69) is 5.32 Å². The normalized spacial score (nSPS) is 27.1. The number of hydrogen-bond acceptors (Lipinski definition) is 4. The number of hydrogen-bond donors (Lipinski definition) is 1. The van der Waals surface area contributed by atoms with Gasteiger partial charge in [0.2, 0.25) is 15.9 Å². The summed E-state index contributed by atoms with van der Waals surface area (Å²) in [5.41, 5.74) is 0.772. The molecule has 3 fully saturated rings. The second-order valence-electron chi connectivity index (χ2n) is 8.79. The number of rotatable bonds is 7. The van der Waals surface area contributed by atoms with Gasteiger partial charge in [-0.2, -0.15) is 4.31 Å². The lowest BCUT2D eigenvalue weighted by molar-refractivity contribution is -0.122. The Hall–Kier alpha value is -1.60. The SMILES string of the molecule is COc1ccc(S(=O)(=O)N2CCCCC2)cc1CCC(=O)N[C@H]1C[C@@H]2CC[C@@H]1C2. The van der Waals surface area contributed by atoms with E-state index in [1.54, 1.807) is 29.6 Å². The Morgan fingerprint density at radius 2 is 1.97 bits per heavy atom. The van der Waals surface area contributed by atoms with Gasteiger partial charge >= 0.3 is 0 Å². The number of piperidine rings is 1. The fourth-order valence-electron chi connectivity index (χ4n) is 5.31. The Morgan fingerprint density at radius 3 is 2.62 bits per heavy atom. The van der Waals surface area contributed by atoms with Gasteiger partial charge in [0, 0.05) is 25.6 Å². The van der Waals surface area contributed by atoms with Gasteiger partial charge in [-0.05, 0) is 74.1 Å². The molecule has 2 saturated carbocycles. The Labute approximate surface area is 174 Å². The third-order valence-corrected chi connectivity index (χ3v) is 8.81. The Morgan fingerprint density at radius 1 is 1.17 bits per heavy atom. The number of methoxy groups -OCH3 is 1. The highest BCUT2D eigenvalue weighted by Gasteiger charge is 2.40. The summed E-state index contributed by atoms with van der Waals surface area (Å²) in [6, 6.07) is 5.34. The molecule has 4 rings (SSSR count). The van der Waals surface area contributed by atoms with Gasteiger partial charge in [-0.25, -0.2) is 8.42 Å². The zero-order valence-corrected chi connectivity index (χ0v) is 18.0. The highest BCUT2D eigenvalue weighted by atomic mass is 32.2.